The Morgan fingerprint density at radius 3 is 1.48 bits per heavy atom. The van der Waals surface area contributed by atoms with E-state index in [1.165, 1.54) is 57.8 Å². The minimum atomic E-state index is -4.05. The molecule has 0 amide bonds. The van der Waals surface area contributed by atoms with Gasteiger partial charge in [-0.1, -0.05) is 90.4 Å². The van der Waals surface area contributed by atoms with E-state index >= 15 is 0 Å². The first kappa shape index (κ1) is 28.7. The van der Waals surface area contributed by atoms with Crippen LogP contribution in [0.4, 0.5) is 0 Å². The maximum absolute atomic E-state index is 10.4. The SMILES string of the molecule is CCCCCCCCCCCCC(O)CCCCCCS(=O)(=O)[O-].[K+]. The Labute approximate surface area is 199 Å². The average Bonchev–Trinajstić information content (AvgIpc) is 2.51. The first-order chi connectivity index (χ1) is 11.5. The molecule has 1 unspecified atom stereocenters. The molecule has 0 aromatic heterocycles. The van der Waals surface area contributed by atoms with Gasteiger partial charge in [0.15, 0.2) is 0 Å². The molecule has 0 aliphatic heterocycles. The second-order valence-corrected chi connectivity index (χ2v) is 8.61. The maximum atomic E-state index is 10.4. The smallest absolute Gasteiger partial charge is 0.748 e. The van der Waals surface area contributed by atoms with E-state index in [0.717, 1.165) is 38.5 Å². The molecular formula is C19H39KO4S. The molecule has 0 heterocycles. The Morgan fingerprint density at radius 1 is 0.720 bits per heavy atom. The number of hydrogen-bond donors (Lipinski definition) is 1. The summed E-state index contributed by atoms with van der Waals surface area (Å²) in [4.78, 5) is 0. The van der Waals surface area contributed by atoms with Crippen molar-refractivity contribution < 1.29 is 69.5 Å². The van der Waals surface area contributed by atoms with Gasteiger partial charge in [-0.05, 0) is 19.3 Å². The summed E-state index contributed by atoms with van der Waals surface area (Å²) < 4.78 is 31.3. The second kappa shape index (κ2) is 20.2. The normalized spacial score (nSPS) is 12.8. The van der Waals surface area contributed by atoms with Gasteiger partial charge in [-0.15, -0.1) is 0 Å². The third-order valence-electron chi connectivity index (χ3n) is 4.57. The zero-order valence-corrected chi connectivity index (χ0v) is 20.6. The average molecular weight is 403 g/mol. The molecule has 0 fully saturated rings. The van der Waals surface area contributed by atoms with Crippen molar-refractivity contribution in [1.29, 1.82) is 0 Å². The van der Waals surface area contributed by atoms with Crippen LogP contribution in [0.3, 0.4) is 0 Å². The van der Waals surface area contributed by atoms with Gasteiger partial charge in [-0.25, -0.2) is 8.42 Å². The maximum Gasteiger partial charge on any atom is 1.00 e. The van der Waals surface area contributed by atoms with Crippen LogP contribution in [0.5, 0.6) is 0 Å². The van der Waals surface area contributed by atoms with Gasteiger partial charge in [-0.3, -0.25) is 0 Å². The molecule has 0 saturated heterocycles. The summed E-state index contributed by atoms with van der Waals surface area (Å²) in [7, 11) is -4.05. The van der Waals surface area contributed by atoms with E-state index in [4.69, 9.17) is 0 Å². The van der Waals surface area contributed by atoms with E-state index < -0.39 is 10.1 Å². The first-order valence-electron chi connectivity index (χ1n) is 10.1. The number of unbranched alkanes of at least 4 members (excludes halogenated alkanes) is 12. The van der Waals surface area contributed by atoms with Crippen LogP contribution in [-0.4, -0.2) is 29.9 Å². The first-order valence-corrected chi connectivity index (χ1v) is 11.6. The van der Waals surface area contributed by atoms with E-state index in [1.807, 2.05) is 0 Å². The minimum Gasteiger partial charge on any atom is -0.748 e. The predicted molar refractivity (Wildman–Crippen MR) is 100 cm³/mol. The van der Waals surface area contributed by atoms with Gasteiger partial charge in [0.25, 0.3) is 0 Å². The van der Waals surface area contributed by atoms with Gasteiger partial charge in [-0.2, -0.15) is 0 Å². The standard InChI is InChI=1S/C19H40O4S.K/c1-2-3-4-5-6-7-8-9-10-13-16-19(20)17-14-11-12-15-18-24(21,22)23;/h19-20H,2-18H2,1H3,(H,21,22,23);/q;+1/p-1. The van der Waals surface area contributed by atoms with Crippen molar-refractivity contribution in [2.75, 3.05) is 5.75 Å². The Bertz CT molecular complexity index is 360. The van der Waals surface area contributed by atoms with Crippen LogP contribution < -0.4 is 51.4 Å². The van der Waals surface area contributed by atoms with Crippen LogP contribution in [0.1, 0.15) is 110 Å². The van der Waals surface area contributed by atoms with Gasteiger partial charge < -0.3 is 9.66 Å². The van der Waals surface area contributed by atoms with Crippen molar-refractivity contribution in [2.24, 2.45) is 0 Å². The van der Waals surface area contributed by atoms with Crippen molar-refractivity contribution >= 4 is 10.1 Å². The third-order valence-corrected chi connectivity index (χ3v) is 5.36. The molecule has 0 saturated carbocycles. The molecule has 0 rings (SSSR count). The Balaban J connectivity index is 0. The Morgan fingerprint density at radius 2 is 1.08 bits per heavy atom. The van der Waals surface area contributed by atoms with Gasteiger partial charge in [0, 0.05) is 5.75 Å². The van der Waals surface area contributed by atoms with Gasteiger partial charge in [0.05, 0.1) is 16.2 Å². The summed E-state index contributed by atoms with van der Waals surface area (Å²) in [6.45, 7) is 2.25. The van der Waals surface area contributed by atoms with Crippen LogP contribution >= 0.6 is 0 Å². The quantitative estimate of drug-likeness (QED) is 0.216. The van der Waals surface area contributed by atoms with Crippen LogP contribution in [0.2, 0.25) is 0 Å². The fraction of sp³-hybridized carbons (Fsp3) is 1.00. The number of hydrogen-bond acceptors (Lipinski definition) is 4. The molecule has 25 heavy (non-hydrogen) atoms. The van der Waals surface area contributed by atoms with Gasteiger partial charge in [0.2, 0.25) is 0 Å². The van der Waals surface area contributed by atoms with Gasteiger partial charge >= 0.3 is 51.4 Å². The summed E-state index contributed by atoms with van der Waals surface area (Å²) in [5, 5.41) is 9.91. The van der Waals surface area contributed by atoms with Crippen LogP contribution in [0.25, 0.3) is 0 Å². The molecule has 0 aromatic rings. The molecule has 0 aliphatic carbocycles. The van der Waals surface area contributed by atoms with Crippen LogP contribution in [0, 0.1) is 0 Å². The molecule has 1 atom stereocenters. The molecule has 1 N–H and O–H groups in total. The molecule has 0 radical (unpaired) electrons. The Kier molecular flexibility index (Phi) is 23.3. The van der Waals surface area contributed by atoms with E-state index in [2.05, 4.69) is 6.92 Å². The van der Waals surface area contributed by atoms with Crippen molar-refractivity contribution in [3.05, 3.63) is 0 Å². The molecular weight excluding hydrogens is 363 g/mol. The van der Waals surface area contributed by atoms with E-state index in [0.29, 0.717) is 6.42 Å². The largest absolute Gasteiger partial charge is 1.00 e. The number of aliphatic hydroxyl groups excluding tert-OH is 1. The monoisotopic (exact) mass is 402 g/mol. The summed E-state index contributed by atoms with van der Waals surface area (Å²) in [5.41, 5.74) is 0. The van der Waals surface area contributed by atoms with E-state index in [9.17, 15) is 18.1 Å². The summed E-state index contributed by atoms with van der Waals surface area (Å²) in [6, 6.07) is 0. The van der Waals surface area contributed by atoms with Gasteiger partial charge in [0.1, 0.15) is 0 Å². The molecule has 4 nitrogen and oxygen atoms in total. The molecule has 146 valence electrons. The van der Waals surface area contributed by atoms with Crippen molar-refractivity contribution in [3.63, 3.8) is 0 Å². The molecule has 0 aliphatic rings. The van der Waals surface area contributed by atoms with E-state index in [-0.39, 0.29) is 63.2 Å². The summed E-state index contributed by atoms with van der Waals surface area (Å²) >= 11 is 0. The number of rotatable bonds is 18. The fourth-order valence-electron chi connectivity index (χ4n) is 3.02. The predicted octanol–water partition coefficient (Wildman–Crippen LogP) is 2.16. The van der Waals surface area contributed by atoms with Crippen molar-refractivity contribution in [3.8, 4) is 0 Å². The summed E-state index contributed by atoms with van der Waals surface area (Å²) in [5.74, 6) is -0.256. The fourth-order valence-corrected chi connectivity index (χ4v) is 3.58. The molecule has 0 spiro atoms. The van der Waals surface area contributed by atoms with Crippen LogP contribution in [0.15, 0.2) is 0 Å². The van der Waals surface area contributed by atoms with Crippen molar-refractivity contribution in [2.45, 2.75) is 116 Å². The zero-order valence-electron chi connectivity index (χ0n) is 16.7. The Hall–Kier alpha value is 1.51. The van der Waals surface area contributed by atoms with Crippen LogP contribution in [-0.2, 0) is 10.1 Å². The zero-order chi connectivity index (χ0) is 18.1. The molecule has 0 bridgehead atoms. The minimum absolute atomic E-state index is 0. The number of aliphatic hydroxyl groups is 1. The summed E-state index contributed by atoms with van der Waals surface area (Å²) in [6.07, 6.45) is 17.6. The van der Waals surface area contributed by atoms with E-state index in [1.54, 1.807) is 0 Å². The topological polar surface area (TPSA) is 77.4 Å². The third kappa shape index (κ3) is 25.5. The molecule has 0 aromatic carbocycles. The van der Waals surface area contributed by atoms with Crippen molar-refractivity contribution in [1.82, 2.24) is 0 Å². The molecule has 6 heteroatoms. The second-order valence-electron chi connectivity index (χ2n) is 7.09.